The van der Waals surface area contributed by atoms with Crippen molar-refractivity contribution in [2.24, 2.45) is 0 Å². The molecular formula is C8H8BrFO. The second-order valence-electron chi connectivity index (χ2n) is 2.24. The van der Waals surface area contributed by atoms with Crippen LogP contribution in [0, 0.1) is 5.82 Å². The van der Waals surface area contributed by atoms with E-state index in [9.17, 15) is 4.39 Å². The minimum Gasteiger partial charge on any atom is -0.508 e. The van der Waals surface area contributed by atoms with Crippen LogP contribution in [0.15, 0.2) is 16.6 Å². The molecule has 1 nitrogen and oxygen atoms in total. The van der Waals surface area contributed by atoms with Crippen molar-refractivity contribution >= 4 is 15.9 Å². The second kappa shape index (κ2) is 3.22. The van der Waals surface area contributed by atoms with Crippen molar-refractivity contribution in [1.82, 2.24) is 0 Å². The number of aromatic hydroxyl groups is 1. The van der Waals surface area contributed by atoms with Crippen molar-refractivity contribution in [3.05, 3.63) is 28.0 Å². The van der Waals surface area contributed by atoms with Gasteiger partial charge in [0.05, 0.1) is 0 Å². The molecule has 0 aromatic heterocycles. The zero-order valence-corrected chi connectivity index (χ0v) is 7.65. The van der Waals surface area contributed by atoms with E-state index in [0.717, 1.165) is 6.07 Å². The highest BCUT2D eigenvalue weighted by atomic mass is 79.9. The van der Waals surface area contributed by atoms with E-state index in [1.807, 2.05) is 6.92 Å². The predicted octanol–water partition coefficient (Wildman–Crippen LogP) is 2.86. The first-order chi connectivity index (χ1) is 5.15. The van der Waals surface area contributed by atoms with Crippen LogP contribution in [-0.2, 0) is 6.42 Å². The highest BCUT2D eigenvalue weighted by molar-refractivity contribution is 9.10. The van der Waals surface area contributed by atoms with Crippen LogP contribution in [0.4, 0.5) is 4.39 Å². The number of hydrogen-bond donors (Lipinski definition) is 1. The number of halogens is 2. The van der Waals surface area contributed by atoms with E-state index in [1.165, 1.54) is 6.07 Å². The maximum atomic E-state index is 12.9. The Morgan fingerprint density at radius 3 is 2.64 bits per heavy atom. The predicted molar refractivity (Wildman–Crippen MR) is 45.1 cm³/mol. The SMILES string of the molecule is CCc1c(F)cc(O)cc1Br. The lowest BCUT2D eigenvalue weighted by Gasteiger charge is -2.02. The molecule has 1 N–H and O–H groups in total. The fourth-order valence-electron chi connectivity index (χ4n) is 0.927. The average molecular weight is 219 g/mol. The number of benzene rings is 1. The molecule has 0 saturated carbocycles. The van der Waals surface area contributed by atoms with Crippen molar-refractivity contribution in [3.63, 3.8) is 0 Å². The van der Waals surface area contributed by atoms with Crippen LogP contribution >= 0.6 is 15.9 Å². The summed E-state index contributed by atoms with van der Waals surface area (Å²) in [6, 6.07) is 2.60. The summed E-state index contributed by atoms with van der Waals surface area (Å²) in [5.74, 6) is -0.411. The Morgan fingerprint density at radius 1 is 1.55 bits per heavy atom. The second-order valence-corrected chi connectivity index (χ2v) is 3.10. The van der Waals surface area contributed by atoms with Crippen LogP contribution < -0.4 is 0 Å². The summed E-state index contributed by atoms with van der Waals surface area (Å²) in [6.45, 7) is 1.86. The molecule has 0 aliphatic carbocycles. The minimum atomic E-state index is -0.362. The normalized spacial score (nSPS) is 10.1. The van der Waals surface area contributed by atoms with Crippen molar-refractivity contribution in [2.75, 3.05) is 0 Å². The van der Waals surface area contributed by atoms with Crippen molar-refractivity contribution in [3.8, 4) is 5.75 Å². The standard InChI is InChI=1S/C8H8BrFO/c1-2-6-7(9)3-5(11)4-8(6)10/h3-4,11H,2H2,1H3. The lowest BCUT2D eigenvalue weighted by atomic mass is 10.1. The summed E-state index contributed by atoms with van der Waals surface area (Å²) in [5.41, 5.74) is 0.600. The molecule has 0 bridgehead atoms. The third-order valence-electron chi connectivity index (χ3n) is 1.48. The molecule has 0 atom stereocenters. The molecule has 1 aromatic rings. The molecule has 0 fully saturated rings. The molecule has 0 aliphatic heterocycles. The Balaban J connectivity index is 3.25. The molecule has 1 aromatic carbocycles. The highest BCUT2D eigenvalue weighted by Gasteiger charge is 2.05. The summed E-state index contributed by atoms with van der Waals surface area (Å²) in [5, 5.41) is 8.94. The van der Waals surface area contributed by atoms with Crippen LogP contribution in [0.3, 0.4) is 0 Å². The Morgan fingerprint density at radius 2 is 2.18 bits per heavy atom. The summed E-state index contributed by atoms with van der Waals surface area (Å²) in [7, 11) is 0. The van der Waals surface area contributed by atoms with Gasteiger partial charge in [0.1, 0.15) is 11.6 Å². The first-order valence-electron chi connectivity index (χ1n) is 3.32. The zero-order valence-electron chi connectivity index (χ0n) is 6.06. The first kappa shape index (κ1) is 8.53. The molecule has 0 amide bonds. The molecule has 3 heteroatoms. The Bertz CT molecular complexity index is 250. The molecular weight excluding hydrogens is 211 g/mol. The number of rotatable bonds is 1. The van der Waals surface area contributed by atoms with Crippen LogP contribution in [0.1, 0.15) is 12.5 Å². The van der Waals surface area contributed by atoms with Crippen LogP contribution in [-0.4, -0.2) is 5.11 Å². The van der Waals surface area contributed by atoms with E-state index in [1.54, 1.807) is 0 Å². The molecule has 0 aliphatic rings. The number of hydrogen-bond acceptors (Lipinski definition) is 1. The lowest BCUT2D eigenvalue weighted by molar-refractivity contribution is 0.467. The summed E-state index contributed by atoms with van der Waals surface area (Å²) in [4.78, 5) is 0. The summed E-state index contributed by atoms with van der Waals surface area (Å²) in [6.07, 6.45) is 0.618. The number of phenols is 1. The Kier molecular flexibility index (Phi) is 2.49. The van der Waals surface area contributed by atoms with Gasteiger partial charge in [-0.25, -0.2) is 4.39 Å². The van der Waals surface area contributed by atoms with Crippen LogP contribution in [0.5, 0.6) is 5.75 Å². The molecule has 0 heterocycles. The van der Waals surface area contributed by atoms with Gasteiger partial charge in [-0.2, -0.15) is 0 Å². The smallest absolute Gasteiger partial charge is 0.131 e. The molecule has 0 spiro atoms. The largest absolute Gasteiger partial charge is 0.508 e. The third-order valence-corrected chi connectivity index (χ3v) is 2.19. The van der Waals surface area contributed by atoms with Crippen LogP contribution in [0.25, 0.3) is 0 Å². The van der Waals surface area contributed by atoms with Crippen LogP contribution in [0.2, 0.25) is 0 Å². The van der Waals surface area contributed by atoms with Crippen molar-refractivity contribution < 1.29 is 9.50 Å². The zero-order chi connectivity index (χ0) is 8.43. The summed E-state index contributed by atoms with van der Waals surface area (Å²) < 4.78 is 13.5. The van der Waals surface area contributed by atoms with Gasteiger partial charge in [-0.05, 0) is 12.5 Å². The van der Waals surface area contributed by atoms with Gasteiger partial charge in [0.25, 0.3) is 0 Å². The van der Waals surface area contributed by atoms with Crippen molar-refractivity contribution in [1.29, 1.82) is 0 Å². The Hall–Kier alpha value is -0.570. The highest BCUT2D eigenvalue weighted by Crippen LogP contribution is 2.25. The van der Waals surface area contributed by atoms with Gasteiger partial charge in [0.15, 0.2) is 0 Å². The molecule has 0 radical (unpaired) electrons. The number of phenolic OH excluding ortho intramolecular Hbond substituents is 1. The first-order valence-corrected chi connectivity index (χ1v) is 4.11. The molecule has 11 heavy (non-hydrogen) atoms. The van der Waals surface area contributed by atoms with E-state index >= 15 is 0 Å². The van der Waals surface area contributed by atoms with Gasteiger partial charge in [-0.3, -0.25) is 0 Å². The van der Waals surface area contributed by atoms with Gasteiger partial charge in [-0.15, -0.1) is 0 Å². The molecule has 0 saturated heterocycles. The summed E-state index contributed by atoms with van der Waals surface area (Å²) >= 11 is 3.16. The maximum absolute atomic E-state index is 12.9. The fraction of sp³-hybridized carbons (Fsp3) is 0.250. The quantitative estimate of drug-likeness (QED) is 0.769. The molecule has 1 rings (SSSR count). The van der Waals surface area contributed by atoms with Gasteiger partial charge >= 0.3 is 0 Å². The topological polar surface area (TPSA) is 20.2 Å². The molecule has 60 valence electrons. The van der Waals surface area contributed by atoms with Gasteiger partial charge in [-0.1, -0.05) is 22.9 Å². The van der Waals surface area contributed by atoms with E-state index in [-0.39, 0.29) is 11.6 Å². The lowest BCUT2D eigenvalue weighted by Crippen LogP contribution is -1.88. The molecule has 0 unspecified atom stereocenters. The maximum Gasteiger partial charge on any atom is 0.131 e. The minimum absolute atomic E-state index is 0.0495. The van der Waals surface area contributed by atoms with E-state index in [2.05, 4.69) is 15.9 Å². The average Bonchev–Trinajstić information content (AvgIpc) is 1.85. The van der Waals surface area contributed by atoms with E-state index < -0.39 is 0 Å². The van der Waals surface area contributed by atoms with Gasteiger partial charge in [0, 0.05) is 16.1 Å². The van der Waals surface area contributed by atoms with E-state index in [4.69, 9.17) is 5.11 Å². The monoisotopic (exact) mass is 218 g/mol. The van der Waals surface area contributed by atoms with Crippen molar-refractivity contribution in [2.45, 2.75) is 13.3 Å². The van der Waals surface area contributed by atoms with Gasteiger partial charge < -0.3 is 5.11 Å². The van der Waals surface area contributed by atoms with Gasteiger partial charge in [0.2, 0.25) is 0 Å². The fourth-order valence-corrected chi connectivity index (χ4v) is 1.63. The van der Waals surface area contributed by atoms with E-state index in [0.29, 0.717) is 16.5 Å². The third kappa shape index (κ3) is 1.71. The Labute approximate surface area is 73.0 Å².